The third-order valence-corrected chi connectivity index (χ3v) is 4.23. The summed E-state index contributed by atoms with van der Waals surface area (Å²) in [4.78, 5) is 2.14. The fourth-order valence-electron chi connectivity index (χ4n) is 2.87. The maximum absolute atomic E-state index is 13.8. The lowest BCUT2D eigenvalue weighted by Crippen LogP contribution is -2.30. The van der Waals surface area contributed by atoms with E-state index in [1.54, 1.807) is 30.3 Å². The number of aliphatic hydroxyl groups is 1. The fraction of sp³-hybridized carbons (Fsp3) is 0.368. The van der Waals surface area contributed by atoms with Crippen molar-refractivity contribution in [3.05, 3.63) is 65.5 Å². The van der Waals surface area contributed by atoms with Crippen molar-refractivity contribution in [2.45, 2.75) is 25.5 Å². The summed E-state index contributed by atoms with van der Waals surface area (Å²) in [7, 11) is 0. The Bertz CT molecular complexity index is 657. The van der Waals surface area contributed by atoms with Gasteiger partial charge < -0.3 is 10.2 Å². The van der Waals surface area contributed by atoms with Gasteiger partial charge in [-0.25, -0.2) is 4.39 Å². The maximum Gasteiger partial charge on any atom is 0.129 e. The van der Waals surface area contributed by atoms with E-state index in [0.717, 1.165) is 12.1 Å². The lowest BCUT2D eigenvalue weighted by molar-refractivity contribution is 0.103. The lowest BCUT2D eigenvalue weighted by Gasteiger charge is -2.25. The van der Waals surface area contributed by atoms with Crippen molar-refractivity contribution in [2.24, 2.45) is 5.92 Å². The first-order valence-corrected chi connectivity index (χ1v) is 8.04. The molecule has 0 aliphatic heterocycles. The molecule has 0 bridgehead atoms. The minimum atomic E-state index is -0.854. The van der Waals surface area contributed by atoms with Gasteiger partial charge in [-0.1, -0.05) is 30.3 Å². The van der Waals surface area contributed by atoms with Gasteiger partial charge in [0.1, 0.15) is 11.6 Å². The normalized spacial score (nSPS) is 15.8. The number of rotatable bonds is 7. The van der Waals surface area contributed by atoms with Gasteiger partial charge in [0.15, 0.2) is 0 Å². The number of nitrogens with zero attached hydrogens (tertiary/aromatic N) is 1. The number of benzene rings is 2. The molecule has 3 nitrogen and oxygen atoms in total. The molecule has 1 saturated carbocycles. The second kappa shape index (κ2) is 7.11. The van der Waals surface area contributed by atoms with Crippen LogP contribution in [0, 0.1) is 11.7 Å². The molecule has 1 atom stereocenters. The Labute approximate surface area is 136 Å². The second-order valence-electron chi connectivity index (χ2n) is 6.34. The molecule has 23 heavy (non-hydrogen) atoms. The van der Waals surface area contributed by atoms with Crippen molar-refractivity contribution < 1.29 is 14.6 Å². The topological polar surface area (TPSA) is 43.7 Å². The minimum absolute atomic E-state index is 0.239. The summed E-state index contributed by atoms with van der Waals surface area (Å²) in [6.07, 6.45) is 1.57. The third-order valence-electron chi connectivity index (χ3n) is 4.23. The highest BCUT2D eigenvalue weighted by molar-refractivity contribution is 5.27. The number of halogens is 1. The molecule has 2 N–H and O–H groups in total. The van der Waals surface area contributed by atoms with Crippen LogP contribution in [0.1, 0.15) is 30.1 Å². The summed E-state index contributed by atoms with van der Waals surface area (Å²) >= 11 is 0. The van der Waals surface area contributed by atoms with Crippen molar-refractivity contribution in [3.8, 4) is 5.75 Å². The molecule has 1 aliphatic rings. The Balaban J connectivity index is 1.70. The van der Waals surface area contributed by atoms with Crippen LogP contribution in [-0.4, -0.2) is 28.2 Å². The summed E-state index contributed by atoms with van der Waals surface area (Å²) in [5.74, 6) is 0.535. The van der Waals surface area contributed by atoms with E-state index in [2.05, 4.69) is 4.90 Å². The molecular weight excluding hydrogens is 293 g/mol. The van der Waals surface area contributed by atoms with Gasteiger partial charge in [-0.2, -0.15) is 0 Å². The third kappa shape index (κ3) is 4.53. The van der Waals surface area contributed by atoms with Crippen molar-refractivity contribution in [1.29, 1.82) is 0 Å². The van der Waals surface area contributed by atoms with E-state index >= 15 is 0 Å². The number of hydrogen-bond donors (Lipinski definition) is 2. The molecule has 2 aromatic carbocycles. The van der Waals surface area contributed by atoms with Crippen LogP contribution in [0.25, 0.3) is 0 Å². The number of hydrogen-bond acceptors (Lipinski definition) is 3. The monoisotopic (exact) mass is 315 g/mol. The summed E-state index contributed by atoms with van der Waals surface area (Å²) < 4.78 is 13.8. The fourth-order valence-corrected chi connectivity index (χ4v) is 2.87. The van der Waals surface area contributed by atoms with Gasteiger partial charge in [-0.15, -0.1) is 0 Å². The molecule has 2 aromatic rings. The van der Waals surface area contributed by atoms with Crippen LogP contribution in [0.15, 0.2) is 48.5 Å². The summed E-state index contributed by atoms with van der Waals surface area (Å²) in [5, 5.41) is 20.0. The minimum Gasteiger partial charge on any atom is -0.508 e. The highest BCUT2D eigenvalue weighted by atomic mass is 19.1. The van der Waals surface area contributed by atoms with Crippen LogP contribution in [0.5, 0.6) is 5.75 Å². The maximum atomic E-state index is 13.8. The molecule has 122 valence electrons. The molecule has 0 heterocycles. The Kier molecular flexibility index (Phi) is 4.94. The Morgan fingerprint density at radius 2 is 1.91 bits per heavy atom. The predicted octanol–water partition coefficient (Wildman–Crippen LogP) is 3.48. The van der Waals surface area contributed by atoms with Crippen LogP contribution < -0.4 is 0 Å². The van der Waals surface area contributed by atoms with Gasteiger partial charge in [-0.3, -0.25) is 4.90 Å². The molecule has 0 radical (unpaired) electrons. The quantitative estimate of drug-likeness (QED) is 0.822. The summed E-state index contributed by atoms with van der Waals surface area (Å²) in [5.41, 5.74) is 1.33. The smallest absolute Gasteiger partial charge is 0.129 e. The summed E-state index contributed by atoms with van der Waals surface area (Å²) in [6, 6.07) is 13.5. The average molecular weight is 315 g/mol. The molecular formula is C19H22FNO2. The Morgan fingerprint density at radius 3 is 2.61 bits per heavy atom. The molecule has 0 aromatic heterocycles. The van der Waals surface area contributed by atoms with E-state index in [1.165, 1.54) is 18.9 Å². The van der Waals surface area contributed by atoms with E-state index in [1.807, 2.05) is 12.1 Å². The van der Waals surface area contributed by atoms with E-state index < -0.39 is 6.10 Å². The molecule has 0 amide bonds. The zero-order valence-corrected chi connectivity index (χ0v) is 13.0. The highest BCUT2D eigenvalue weighted by Crippen LogP contribution is 2.31. The van der Waals surface area contributed by atoms with Gasteiger partial charge in [0.05, 0.1) is 6.10 Å². The van der Waals surface area contributed by atoms with Gasteiger partial charge in [-0.05, 0) is 42.5 Å². The number of aromatic hydroxyl groups is 1. The Morgan fingerprint density at radius 1 is 1.13 bits per heavy atom. The molecule has 3 rings (SSSR count). The van der Waals surface area contributed by atoms with Crippen molar-refractivity contribution in [2.75, 3.05) is 13.1 Å². The van der Waals surface area contributed by atoms with Crippen molar-refractivity contribution in [3.63, 3.8) is 0 Å². The molecule has 1 aliphatic carbocycles. The SMILES string of the molecule is Oc1cccc(CN(CC2CC2)CC(O)c2ccccc2F)c1. The van der Waals surface area contributed by atoms with E-state index in [-0.39, 0.29) is 11.6 Å². The highest BCUT2D eigenvalue weighted by Gasteiger charge is 2.26. The molecule has 1 unspecified atom stereocenters. The molecule has 4 heteroatoms. The predicted molar refractivity (Wildman–Crippen MR) is 87.5 cm³/mol. The first-order valence-electron chi connectivity index (χ1n) is 8.04. The average Bonchev–Trinajstić information content (AvgIpc) is 3.31. The van der Waals surface area contributed by atoms with E-state index in [0.29, 0.717) is 24.6 Å². The number of phenolic OH excluding ortho intramolecular Hbond substituents is 1. The largest absolute Gasteiger partial charge is 0.508 e. The number of phenols is 1. The lowest BCUT2D eigenvalue weighted by atomic mass is 10.1. The van der Waals surface area contributed by atoms with Gasteiger partial charge >= 0.3 is 0 Å². The van der Waals surface area contributed by atoms with Crippen LogP contribution in [-0.2, 0) is 6.54 Å². The first-order chi connectivity index (χ1) is 11.1. The molecule has 0 spiro atoms. The van der Waals surface area contributed by atoms with Crippen LogP contribution >= 0.6 is 0 Å². The van der Waals surface area contributed by atoms with Crippen molar-refractivity contribution >= 4 is 0 Å². The van der Waals surface area contributed by atoms with E-state index in [4.69, 9.17) is 0 Å². The van der Waals surface area contributed by atoms with E-state index in [9.17, 15) is 14.6 Å². The Hall–Kier alpha value is -1.91. The standard InChI is InChI=1S/C19H22FNO2/c20-18-7-2-1-6-17(18)19(23)13-21(11-14-8-9-14)12-15-4-3-5-16(22)10-15/h1-7,10,14,19,22-23H,8-9,11-13H2. The van der Waals surface area contributed by atoms with Crippen molar-refractivity contribution in [1.82, 2.24) is 4.90 Å². The van der Waals surface area contributed by atoms with Crippen LogP contribution in [0.2, 0.25) is 0 Å². The second-order valence-corrected chi connectivity index (χ2v) is 6.34. The first kappa shape index (κ1) is 16.0. The van der Waals surface area contributed by atoms with Gasteiger partial charge in [0.2, 0.25) is 0 Å². The zero-order valence-electron chi connectivity index (χ0n) is 13.0. The van der Waals surface area contributed by atoms with Gasteiger partial charge in [0.25, 0.3) is 0 Å². The van der Waals surface area contributed by atoms with Gasteiger partial charge in [0, 0.05) is 25.2 Å². The zero-order chi connectivity index (χ0) is 16.2. The van der Waals surface area contributed by atoms with Crippen LogP contribution in [0.4, 0.5) is 4.39 Å². The molecule has 1 fully saturated rings. The molecule has 0 saturated heterocycles. The van der Waals surface area contributed by atoms with Crippen LogP contribution in [0.3, 0.4) is 0 Å². The summed E-state index contributed by atoms with van der Waals surface area (Å²) in [6.45, 7) is 1.91. The number of aliphatic hydroxyl groups excluding tert-OH is 1.